The summed E-state index contributed by atoms with van der Waals surface area (Å²) < 4.78 is 0. The van der Waals surface area contributed by atoms with Gasteiger partial charge in [-0.15, -0.1) is 0 Å². The van der Waals surface area contributed by atoms with E-state index < -0.39 is 59.7 Å². The molecule has 0 saturated carbocycles. The van der Waals surface area contributed by atoms with Crippen molar-refractivity contribution in [3.05, 3.63) is 0 Å². The van der Waals surface area contributed by atoms with Crippen LogP contribution in [-0.4, -0.2) is 91.1 Å². The summed E-state index contributed by atoms with van der Waals surface area (Å²) >= 11 is 4.04. The lowest BCUT2D eigenvalue weighted by molar-refractivity contribution is -0.134. The van der Waals surface area contributed by atoms with Gasteiger partial charge in [0.25, 0.3) is 0 Å². The highest BCUT2D eigenvalue weighted by atomic mass is 32.1. The molecule has 0 aliphatic rings. The lowest BCUT2D eigenvalue weighted by Crippen LogP contribution is -2.59. The molecule has 0 aromatic rings. The van der Waals surface area contributed by atoms with Crippen molar-refractivity contribution in [3.63, 3.8) is 0 Å². The third-order valence-electron chi connectivity index (χ3n) is 6.65. The van der Waals surface area contributed by atoms with Gasteiger partial charge >= 0.3 is 0 Å². The lowest BCUT2D eigenvalue weighted by atomic mass is 10.0. The van der Waals surface area contributed by atoms with Crippen LogP contribution in [-0.2, 0) is 24.0 Å². The molecule has 0 spiro atoms. The van der Waals surface area contributed by atoms with E-state index in [2.05, 4.69) is 38.9 Å². The smallest absolute Gasteiger partial charge is 0.243 e. The molecule has 17 heteroatoms. The van der Waals surface area contributed by atoms with Gasteiger partial charge in [0.05, 0.1) is 6.04 Å². The third-order valence-corrected chi connectivity index (χ3v) is 7.01. The molecule has 0 aliphatic heterocycles. The number of aliphatic imine (C=N–C) groups is 1. The van der Waals surface area contributed by atoms with Crippen molar-refractivity contribution in [2.24, 2.45) is 45.3 Å². The van der Waals surface area contributed by atoms with Gasteiger partial charge in [-0.2, -0.15) is 12.6 Å². The summed E-state index contributed by atoms with van der Waals surface area (Å²) in [7, 11) is 0. The first kappa shape index (κ1) is 40.9. The Morgan fingerprint density at radius 3 is 1.59 bits per heavy atom. The average molecular weight is 646 g/mol. The van der Waals surface area contributed by atoms with E-state index in [1.54, 1.807) is 0 Å². The van der Waals surface area contributed by atoms with E-state index in [0.29, 0.717) is 45.2 Å². The molecule has 0 saturated heterocycles. The molecule has 0 aromatic carbocycles. The zero-order chi connectivity index (χ0) is 33.7. The molecular weight excluding hydrogens is 590 g/mol. The SMILES string of the molecule is CC(C)C[C@H](NC(=O)[C@H](CCCCN)NC(=O)[C@@H](N)CCCCN)C(=O)N[C@@H](CCCN=C(N)N)C(=O)N[C@@H](CS)C(N)=O. The Labute approximate surface area is 265 Å². The Balaban J connectivity index is 5.86. The van der Waals surface area contributed by atoms with Crippen LogP contribution >= 0.6 is 12.6 Å². The second-order valence-electron chi connectivity index (χ2n) is 11.1. The average Bonchev–Trinajstić information content (AvgIpc) is 2.95. The fourth-order valence-electron chi connectivity index (χ4n) is 4.18. The van der Waals surface area contributed by atoms with Gasteiger partial charge in [0, 0.05) is 12.3 Å². The van der Waals surface area contributed by atoms with Crippen LogP contribution in [0.25, 0.3) is 0 Å². The maximum Gasteiger partial charge on any atom is 0.243 e. The molecule has 0 radical (unpaired) electrons. The van der Waals surface area contributed by atoms with E-state index in [9.17, 15) is 24.0 Å². The normalized spacial score (nSPS) is 14.4. The fourth-order valence-corrected chi connectivity index (χ4v) is 4.45. The molecule has 0 aromatic heterocycles. The second-order valence-corrected chi connectivity index (χ2v) is 11.4. The van der Waals surface area contributed by atoms with Crippen LogP contribution < -0.4 is 55.7 Å². The summed E-state index contributed by atoms with van der Waals surface area (Å²) in [5.41, 5.74) is 33.2. The van der Waals surface area contributed by atoms with Crippen molar-refractivity contribution in [2.75, 3.05) is 25.4 Å². The molecule has 0 unspecified atom stereocenters. The molecular formula is C27H55N11O5S. The first-order valence-electron chi connectivity index (χ1n) is 15.1. The van der Waals surface area contributed by atoms with Crippen LogP contribution in [0.3, 0.4) is 0 Å². The highest BCUT2D eigenvalue weighted by Crippen LogP contribution is 2.10. The van der Waals surface area contributed by atoms with Crippen LogP contribution in [0.15, 0.2) is 4.99 Å². The van der Waals surface area contributed by atoms with Crippen LogP contribution in [0.2, 0.25) is 0 Å². The number of nitrogens with one attached hydrogen (secondary N) is 4. The van der Waals surface area contributed by atoms with Crippen molar-refractivity contribution in [1.82, 2.24) is 21.3 Å². The zero-order valence-corrected chi connectivity index (χ0v) is 27.0. The minimum atomic E-state index is -1.10. The molecule has 5 amide bonds. The maximum atomic E-state index is 13.5. The minimum Gasteiger partial charge on any atom is -0.370 e. The van der Waals surface area contributed by atoms with Crippen molar-refractivity contribution >= 4 is 48.1 Å². The monoisotopic (exact) mass is 645 g/mol. The molecule has 0 heterocycles. The van der Waals surface area contributed by atoms with Crippen LogP contribution in [0.4, 0.5) is 0 Å². The number of carbonyl (C=O) groups excluding carboxylic acids is 5. The number of hydrogen-bond acceptors (Lipinski definition) is 10. The number of unbranched alkanes of at least 4 members (excludes halogenated alkanes) is 2. The fraction of sp³-hybridized carbons (Fsp3) is 0.778. The maximum absolute atomic E-state index is 13.5. The summed E-state index contributed by atoms with van der Waals surface area (Å²) in [6, 6.07) is -4.98. The van der Waals surface area contributed by atoms with E-state index in [1.807, 2.05) is 13.8 Å². The topological polar surface area (TPSA) is 302 Å². The van der Waals surface area contributed by atoms with Crippen molar-refractivity contribution in [2.45, 2.75) is 102 Å². The van der Waals surface area contributed by atoms with Gasteiger partial charge in [-0.05, 0) is 70.4 Å². The van der Waals surface area contributed by atoms with E-state index in [1.165, 1.54) is 0 Å². The van der Waals surface area contributed by atoms with E-state index in [-0.39, 0.29) is 43.4 Å². The van der Waals surface area contributed by atoms with Crippen molar-refractivity contribution in [3.8, 4) is 0 Å². The third kappa shape index (κ3) is 17.8. The highest BCUT2D eigenvalue weighted by Gasteiger charge is 2.31. The molecule has 5 atom stereocenters. The Morgan fingerprint density at radius 1 is 0.659 bits per heavy atom. The molecule has 16 N–H and O–H groups in total. The number of guanidine groups is 1. The second kappa shape index (κ2) is 23.3. The first-order chi connectivity index (χ1) is 20.8. The Kier molecular flexibility index (Phi) is 21.6. The molecule has 0 aliphatic carbocycles. The van der Waals surface area contributed by atoms with Gasteiger partial charge in [0.1, 0.15) is 24.2 Å². The van der Waals surface area contributed by atoms with Gasteiger partial charge in [-0.3, -0.25) is 29.0 Å². The van der Waals surface area contributed by atoms with E-state index >= 15 is 0 Å². The summed E-state index contributed by atoms with van der Waals surface area (Å²) in [5.74, 6) is -3.31. The highest BCUT2D eigenvalue weighted by molar-refractivity contribution is 7.80. The molecule has 44 heavy (non-hydrogen) atoms. The summed E-state index contributed by atoms with van der Waals surface area (Å²) in [6.45, 7) is 4.83. The number of hydrogen-bond donors (Lipinski definition) is 11. The predicted octanol–water partition coefficient (Wildman–Crippen LogP) is -2.97. The minimum absolute atomic E-state index is 0.0233. The number of thiol groups is 1. The molecule has 0 fully saturated rings. The van der Waals surface area contributed by atoms with Crippen molar-refractivity contribution < 1.29 is 24.0 Å². The van der Waals surface area contributed by atoms with Crippen LogP contribution in [0.5, 0.6) is 0 Å². The number of nitrogens with zero attached hydrogens (tertiary/aromatic N) is 1. The van der Waals surface area contributed by atoms with Gasteiger partial charge in [0.2, 0.25) is 29.5 Å². The molecule has 0 rings (SSSR count). The number of carbonyl (C=O) groups is 5. The van der Waals surface area contributed by atoms with Gasteiger partial charge in [-0.25, -0.2) is 0 Å². The summed E-state index contributed by atoms with van der Waals surface area (Å²) in [5, 5.41) is 10.6. The van der Waals surface area contributed by atoms with Gasteiger partial charge in [0.15, 0.2) is 5.96 Å². The largest absolute Gasteiger partial charge is 0.370 e. The van der Waals surface area contributed by atoms with Crippen LogP contribution in [0, 0.1) is 5.92 Å². The lowest BCUT2D eigenvalue weighted by Gasteiger charge is -2.27. The van der Waals surface area contributed by atoms with Crippen LogP contribution in [0.1, 0.15) is 71.6 Å². The molecule has 16 nitrogen and oxygen atoms in total. The number of primary amides is 1. The Morgan fingerprint density at radius 2 is 1.11 bits per heavy atom. The summed E-state index contributed by atoms with van der Waals surface area (Å²) in [6.07, 6.45) is 3.95. The predicted molar refractivity (Wildman–Crippen MR) is 174 cm³/mol. The quantitative estimate of drug-likeness (QED) is 0.0219. The Hall–Kier alpha value is -3.15. The standard InChI is InChI=1S/C27H55N11O5S/c1-16(2)14-20(37-24(41)18(9-4-6-12-29)35-23(40)17(30)8-3-5-11-28)26(43)36-19(10-7-13-34-27(32)33)25(42)38-21(15-44)22(31)39/h16-21,44H,3-15,28-30H2,1-2H3,(H2,31,39)(H,35,40)(H,36,43)(H,37,41)(H,38,42)(H4,32,33,34)/t17-,18-,19-,20-,21-/m0/s1. The number of rotatable bonds is 24. The van der Waals surface area contributed by atoms with Gasteiger partial charge in [-0.1, -0.05) is 20.3 Å². The van der Waals surface area contributed by atoms with E-state index in [0.717, 1.165) is 6.42 Å². The number of nitrogens with two attached hydrogens (primary N) is 6. The Bertz CT molecular complexity index is 934. The first-order valence-corrected chi connectivity index (χ1v) is 15.7. The van der Waals surface area contributed by atoms with Gasteiger partial charge < -0.3 is 55.7 Å². The summed E-state index contributed by atoms with van der Waals surface area (Å²) in [4.78, 5) is 68.3. The van der Waals surface area contributed by atoms with E-state index in [4.69, 9.17) is 34.4 Å². The molecule has 254 valence electrons. The zero-order valence-electron chi connectivity index (χ0n) is 26.1. The van der Waals surface area contributed by atoms with Crippen molar-refractivity contribution in [1.29, 1.82) is 0 Å². The number of amides is 5. The molecule has 0 bridgehead atoms.